The van der Waals surface area contributed by atoms with Gasteiger partial charge in [0.25, 0.3) is 0 Å². The SMILES string of the molecule is CN(Cc1nc(NN)c2ccsc2n1)C1CCOCC1. The number of rotatable bonds is 4. The van der Waals surface area contributed by atoms with E-state index in [0.717, 1.165) is 48.6 Å². The monoisotopic (exact) mass is 293 g/mol. The minimum atomic E-state index is 0.542. The Kier molecular flexibility index (Phi) is 4.11. The maximum absolute atomic E-state index is 5.55. The molecule has 108 valence electrons. The molecule has 0 atom stereocenters. The summed E-state index contributed by atoms with van der Waals surface area (Å²) in [6.07, 6.45) is 2.14. The van der Waals surface area contributed by atoms with Crippen molar-refractivity contribution in [3.05, 3.63) is 17.3 Å². The van der Waals surface area contributed by atoms with E-state index in [2.05, 4.69) is 27.3 Å². The molecule has 0 aliphatic carbocycles. The average molecular weight is 293 g/mol. The normalized spacial score (nSPS) is 16.9. The highest BCUT2D eigenvalue weighted by Gasteiger charge is 2.19. The fourth-order valence-electron chi connectivity index (χ4n) is 2.56. The first-order valence-corrected chi connectivity index (χ1v) is 7.64. The van der Waals surface area contributed by atoms with E-state index >= 15 is 0 Å². The summed E-state index contributed by atoms with van der Waals surface area (Å²) in [6, 6.07) is 2.53. The predicted molar refractivity (Wildman–Crippen MR) is 80.5 cm³/mol. The number of anilines is 1. The van der Waals surface area contributed by atoms with Crippen LogP contribution in [0.2, 0.25) is 0 Å². The fraction of sp³-hybridized carbons (Fsp3) is 0.538. The third kappa shape index (κ3) is 2.76. The van der Waals surface area contributed by atoms with Crippen molar-refractivity contribution < 1.29 is 4.74 Å². The second-order valence-corrected chi connectivity index (χ2v) is 5.93. The molecular weight excluding hydrogens is 274 g/mol. The molecule has 3 heterocycles. The molecule has 3 N–H and O–H groups in total. The van der Waals surface area contributed by atoms with Gasteiger partial charge in [-0.2, -0.15) is 0 Å². The van der Waals surface area contributed by atoms with Gasteiger partial charge in [-0.15, -0.1) is 11.3 Å². The largest absolute Gasteiger partial charge is 0.381 e. The third-order valence-electron chi connectivity index (χ3n) is 3.71. The van der Waals surface area contributed by atoms with Gasteiger partial charge in [0, 0.05) is 19.3 Å². The lowest BCUT2D eigenvalue weighted by Crippen LogP contribution is -2.36. The van der Waals surface area contributed by atoms with Gasteiger partial charge in [0.2, 0.25) is 0 Å². The number of nitrogen functional groups attached to an aromatic ring is 1. The molecule has 20 heavy (non-hydrogen) atoms. The molecule has 0 spiro atoms. The second-order valence-electron chi connectivity index (χ2n) is 5.03. The molecule has 0 bridgehead atoms. The zero-order valence-electron chi connectivity index (χ0n) is 11.5. The molecule has 0 unspecified atom stereocenters. The molecule has 1 aliphatic heterocycles. The van der Waals surface area contributed by atoms with E-state index in [1.54, 1.807) is 11.3 Å². The van der Waals surface area contributed by atoms with Crippen molar-refractivity contribution in [3.8, 4) is 0 Å². The lowest BCUT2D eigenvalue weighted by Gasteiger charge is -2.30. The number of hydrogen-bond acceptors (Lipinski definition) is 7. The smallest absolute Gasteiger partial charge is 0.152 e. The number of hydrogen-bond donors (Lipinski definition) is 2. The van der Waals surface area contributed by atoms with Crippen LogP contribution in [0.3, 0.4) is 0 Å². The Bertz CT molecular complexity index is 581. The number of nitrogens with two attached hydrogens (primary N) is 1. The summed E-state index contributed by atoms with van der Waals surface area (Å²) >= 11 is 1.61. The lowest BCUT2D eigenvalue weighted by molar-refractivity contribution is 0.0400. The highest BCUT2D eigenvalue weighted by atomic mass is 32.1. The number of nitrogens with zero attached hydrogens (tertiary/aromatic N) is 3. The molecule has 0 amide bonds. The summed E-state index contributed by atoms with van der Waals surface area (Å²) in [4.78, 5) is 12.4. The molecule has 6 nitrogen and oxygen atoms in total. The third-order valence-corrected chi connectivity index (χ3v) is 4.52. The van der Waals surface area contributed by atoms with Gasteiger partial charge in [0.1, 0.15) is 10.7 Å². The highest BCUT2D eigenvalue weighted by molar-refractivity contribution is 7.16. The maximum atomic E-state index is 5.55. The quantitative estimate of drug-likeness (QED) is 0.658. The number of thiophene rings is 1. The summed E-state index contributed by atoms with van der Waals surface area (Å²) in [7, 11) is 2.12. The van der Waals surface area contributed by atoms with Crippen LogP contribution in [0.15, 0.2) is 11.4 Å². The molecule has 1 fully saturated rings. The van der Waals surface area contributed by atoms with Crippen molar-refractivity contribution in [2.24, 2.45) is 5.84 Å². The lowest BCUT2D eigenvalue weighted by atomic mass is 10.1. The Hall–Kier alpha value is -1.28. The van der Waals surface area contributed by atoms with Crippen LogP contribution in [0, 0.1) is 0 Å². The summed E-state index contributed by atoms with van der Waals surface area (Å²) in [6.45, 7) is 2.41. The fourth-order valence-corrected chi connectivity index (χ4v) is 3.34. The molecule has 1 saturated heterocycles. The van der Waals surface area contributed by atoms with Crippen LogP contribution in [0.5, 0.6) is 0 Å². The summed E-state index contributed by atoms with van der Waals surface area (Å²) in [5.74, 6) is 7.06. The van der Waals surface area contributed by atoms with Crippen LogP contribution in [0.25, 0.3) is 10.2 Å². The minimum Gasteiger partial charge on any atom is -0.381 e. The van der Waals surface area contributed by atoms with Gasteiger partial charge in [-0.1, -0.05) is 0 Å². The van der Waals surface area contributed by atoms with Gasteiger partial charge in [-0.25, -0.2) is 15.8 Å². The Morgan fingerprint density at radius 3 is 3.00 bits per heavy atom. The molecule has 2 aromatic heterocycles. The summed E-state index contributed by atoms with van der Waals surface area (Å²) in [5.41, 5.74) is 2.67. The second kappa shape index (κ2) is 6.01. The van der Waals surface area contributed by atoms with Gasteiger partial charge in [0.05, 0.1) is 11.9 Å². The maximum Gasteiger partial charge on any atom is 0.152 e. The van der Waals surface area contributed by atoms with Gasteiger partial charge in [-0.05, 0) is 31.3 Å². The Labute approximate surface area is 121 Å². The van der Waals surface area contributed by atoms with Crippen molar-refractivity contribution in [3.63, 3.8) is 0 Å². The van der Waals surface area contributed by atoms with Gasteiger partial charge < -0.3 is 10.2 Å². The standard InChI is InChI=1S/C13H19N5OS/c1-18(9-2-5-19-6-3-9)8-11-15-12(17-14)10-4-7-20-13(10)16-11/h4,7,9H,2-3,5-6,8,14H2,1H3,(H,15,16,17). The van der Waals surface area contributed by atoms with Crippen molar-refractivity contribution in [2.45, 2.75) is 25.4 Å². The Morgan fingerprint density at radius 1 is 1.45 bits per heavy atom. The molecule has 2 aromatic rings. The first-order valence-electron chi connectivity index (χ1n) is 6.76. The highest BCUT2D eigenvalue weighted by Crippen LogP contribution is 2.25. The number of fused-ring (bicyclic) bond motifs is 1. The zero-order chi connectivity index (χ0) is 13.9. The zero-order valence-corrected chi connectivity index (χ0v) is 12.3. The van der Waals surface area contributed by atoms with Crippen molar-refractivity contribution >= 4 is 27.4 Å². The van der Waals surface area contributed by atoms with Crippen molar-refractivity contribution in [1.29, 1.82) is 0 Å². The topological polar surface area (TPSA) is 76.3 Å². The van der Waals surface area contributed by atoms with E-state index in [9.17, 15) is 0 Å². The Morgan fingerprint density at radius 2 is 2.25 bits per heavy atom. The van der Waals surface area contributed by atoms with Crippen LogP contribution in [0.4, 0.5) is 5.82 Å². The molecule has 0 saturated carbocycles. The summed E-state index contributed by atoms with van der Waals surface area (Å²) < 4.78 is 5.40. The predicted octanol–water partition coefficient (Wildman–Crippen LogP) is 1.59. The van der Waals surface area contributed by atoms with E-state index in [-0.39, 0.29) is 0 Å². The van der Waals surface area contributed by atoms with Crippen LogP contribution in [0.1, 0.15) is 18.7 Å². The van der Waals surface area contributed by atoms with Crippen LogP contribution < -0.4 is 11.3 Å². The Balaban J connectivity index is 1.79. The summed E-state index contributed by atoms with van der Waals surface area (Å²) in [5, 5.41) is 2.99. The van der Waals surface area contributed by atoms with Crippen molar-refractivity contribution in [2.75, 3.05) is 25.7 Å². The van der Waals surface area contributed by atoms with Crippen LogP contribution >= 0.6 is 11.3 Å². The molecule has 7 heteroatoms. The number of aromatic nitrogens is 2. The van der Waals surface area contributed by atoms with Gasteiger partial charge in [-0.3, -0.25) is 4.90 Å². The van der Waals surface area contributed by atoms with E-state index in [1.807, 2.05) is 11.4 Å². The minimum absolute atomic E-state index is 0.542. The first-order chi connectivity index (χ1) is 9.78. The van der Waals surface area contributed by atoms with E-state index in [0.29, 0.717) is 11.9 Å². The van der Waals surface area contributed by atoms with Crippen LogP contribution in [-0.4, -0.2) is 41.2 Å². The van der Waals surface area contributed by atoms with E-state index < -0.39 is 0 Å². The number of ether oxygens (including phenoxy) is 1. The van der Waals surface area contributed by atoms with Crippen molar-refractivity contribution in [1.82, 2.24) is 14.9 Å². The van der Waals surface area contributed by atoms with E-state index in [1.165, 1.54) is 0 Å². The average Bonchev–Trinajstić information content (AvgIpc) is 2.95. The van der Waals surface area contributed by atoms with Gasteiger partial charge >= 0.3 is 0 Å². The molecule has 0 radical (unpaired) electrons. The number of nitrogens with one attached hydrogen (secondary N) is 1. The molecular formula is C13H19N5OS. The van der Waals surface area contributed by atoms with Gasteiger partial charge in [0.15, 0.2) is 5.82 Å². The first kappa shape index (κ1) is 13.7. The molecule has 1 aliphatic rings. The number of hydrazine groups is 1. The molecule has 3 rings (SSSR count). The van der Waals surface area contributed by atoms with E-state index in [4.69, 9.17) is 10.6 Å². The van der Waals surface area contributed by atoms with Crippen LogP contribution in [-0.2, 0) is 11.3 Å². The molecule has 0 aromatic carbocycles.